The molecule has 3 aromatic carbocycles. The van der Waals surface area contributed by atoms with E-state index in [4.69, 9.17) is 4.98 Å². The van der Waals surface area contributed by atoms with Crippen molar-refractivity contribution in [1.82, 2.24) is 4.98 Å². The molecule has 0 aliphatic heterocycles. The summed E-state index contributed by atoms with van der Waals surface area (Å²) in [4.78, 5) is 5.07. The van der Waals surface area contributed by atoms with E-state index in [1.807, 2.05) is 0 Å². The number of benzene rings is 3. The number of hydrogen-bond acceptors (Lipinski definition) is 1. The number of fused-ring (bicyclic) bond motifs is 2. The van der Waals surface area contributed by atoms with Gasteiger partial charge >= 0.3 is 0 Å². The van der Waals surface area contributed by atoms with E-state index in [1.165, 1.54) is 32.8 Å². The lowest BCUT2D eigenvalue weighted by Crippen LogP contribution is -2.12. The Kier molecular flexibility index (Phi) is 4.73. The molecule has 4 rings (SSSR count). The Morgan fingerprint density at radius 3 is 2.17 bits per heavy atom. The minimum absolute atomic E-state index is 0.0757. The molecule has 0 atom stereocenters. The summed E-state index contributed by atoms with van der Waals surface area (Å²) in [6, 6.07) is 24.3. The van der Waals surface area contributed by atoms with Crippen molar-refractivity contribution in [1.29, 1.82) is 0 Å². The minimum atomic E-state index is 0.0757. The highest BCUT2D eigenvalue weighted by molar-refractivity contribution is 5.91. The van der Waals surface area contributed by atoms with Crippen molar-refractivity contribution < 1.29 is 0 Å². The lowest BCUT2D eigenvalue weighted by atomic mass is 9.82. The van der Waals surface area contributed by atoms with Crippen molar-refractivity contribution in [2.24, 2.45) is 5.41 Å². The van der Waals surface area contributed by atoms with Crippen LogP contribution < -0.4 is 0 Å². The lowest BCUT2D eigenvalue weighted by Gasteiger charge is -2.22. The standard InChI is InChI=1S/C28H31N/c1-27(2,3)18-19-11-12-20-13-14-25(29-26(20)15-19)22-16-21-9-7-8-10-23(21)24(17-22)28(4,5)6/h7-17H,18H2,1-6H3. The molecule has 0 unspecified atom stereocenters. The molecule has 0 radical (unpaired) electrons. The Hall–Kier alpha value is -2.67. The molecule has 0 fully saturated rings. The smallest absolute Gasteiger partial charge is 0.0712 e. The molecule has 29 heavy (non-hydrogen) atoms. The monoisotopic (exact) mass is 381 g/mol. The fourth-order valence-corrected chi connectivity index (χ4v) is 4.12. The predicted octanol–water partition coefficient (Wildman–Crippen LogP) is 7.94. The normalized spacial score (nSPS) is 12.6. The van der Waals surface area contributed by atoms with Crippen LogP contribution in [0.25, 0.3) is 32.9 Å². The first-order valence-electron chi connectivity index (χ1n) is 10.5. The molecule has 1 heterocycles. The van der Waals surface area contributed by atoms with Gasteiger partial charge in [0.2, 0.25) is 0 Å². The summed E-state index contributed by atoms with van der Waals surface area (Å²) < 4.78 is 0. The summed E-state index contributed by atoms with van der Waals surface area (Å²) in [5.41, 5.74) is 6.38. The van der Waals surface area contributed by atoms with Crippen molar-refractivity contribution in [3.8, 4) is 11.3 Å². The first-order valence-corrected chi connectivity index (χ1v) is 10.5. The first kappa shape index (κ1) is 19.6. The third kappa shape index (κ3) is 4.19. The molecule has 0 amide bonds. The van der Waals surface area contributed by atoms with Crippen molar-refractivity contribution in [2.75, 3.05) is 0 Å². The van der Waals surface area contributed by atoms with E-state index in [1.54, 1.807) is 0 Å². The van der Waals surface area contributed by atoms with Crippen LogP contribution >= 0.6 is 0 Å². The lowest BCUT2D eigenvalue weighted by molar-refractivity contribution is 0.411. The molecule has 0 aliphatic rings. The molecule has 0 spiro atoms. The highest BCUT2D eigenvalue weighted by Gasteiger charge is 2.19. The first-order chi connectivity index (χ1) is 13.6. The fraction of sp³-hybridized carbons (Fsp3) is 0.321. The van der Waals surface area contributed by atoms with Crippen LogP contribution in [0.1, 0.15) is 52.7 Å². The van der Waals surface area contributed by atoms with Gasteiger partial charge < -0.3 is 0 Å². The van der Waals surface area contributed by atoms with Crippen molar-refractivity contribution in [3.63, 3.8) is 0 Å². The van der Waals surface area contributed by atoms with Gasteiger partial charge in [-0.2, -0.15) is 0 Å². The number of pyridine rings is 1. The van der Waals surface area contributed by atoms with E-state index in [0.717, 1.165) is 17.6 Å². The van der Waals surface area contributed by atoms with Gasteiger partial charge in [0.15, 0.2) is 0 Å². The SMILES string of the molecule is CC(C)(C)Cc1ccc2ccc(-c3cc(C(C)(C)C)c4ccccc4c3)nc2c1. The van der Waals surface area contributed by atoms with Gasteiger partial charge in [-0.25, -0.2) is 4.98 Å². The van der Waals surface area contributed by atoms with Gasteiger partial charge in [0.1, 0.15) is 0 Å². The third-order valence-corrected chi connectivity index (χ3v) is 5.46. The average molecular weight is 382 g/mol. The number of nitrogens with zero attached hydrogens (tertiary/aromatic N) is 1. The van der Waals surface area contributed by atoms with Crippen LogP contribution in [-0.4, -0.2) is 4.98 Å². The Balaban J connectivity index is 1.86. The van der Waals surface area contributed by atoms with E-state index in [0.29, 0.717) is 0 Å². The molecular weight excluding hydrogens is 350 g/mol. The molecule has 1 heteroatoms. The van der Waals surface area contributed by atoms with Gasteiger partial charge in [0, 0.05) is 10.9 Å². The maximum Gasteiger partial charge on any atom is 0.0712 e. The predicted molar refractivity (Wildman–Crippen MR) is 127 cm³/mol. The van der Waals surface area contributed by atoms with E-state index in [9.17, 15) is 0 Å². The van der Waals surface area contributed by atoms with E-state index in [2.05, 4.69) is 108 Å². The number of aromatic nitrogens is 1. The van der Waals surface area contributed by atoms with Gasteiger partial charge in [-0.3, -0.25) is 0 Å². The van der Waals surface area contributed by atoms with Gasteiger partial charge in [-0.15, -0.1) is 0 Å². The molecule has 1 aromatic heterocycles. The highest BCUT2D eigenvalue weighted by atomic mass is 14.7. The molecule has 0 bridgehead atoms. The molecule has 1 nitrogen and oxygen atoms in total. The largest absolute Gasteiger partial charge is 0.248 e. The average Bonchev–Trinajstić information content (AvgIpc) is 2.64. The maximum absolute atomic E-state index is 5.07. The minimum Gasteiger partial charge on any atom is -0.248 e. The Morgan fingerprint density at radius 1 is 0.724 bits per heavy atom. The summed E-state index contributed by atoms with van der Waals surface area (Å²) in [6.07, 6.45) is 1.05. The highest BCUT2D eigenvalue weighted by Crippen LogP contribution is 2.35. The van der Waals surface area contributed by atoms with E-state index >= 15 is 0 Å². The van der Waals surface area contributed by atoms with Gasteiger partial charge in [0.05, 0.1) is 11.2 Å². The summed E-state index contributed by atoms with van der Waals surface area (Å²) >= 11 is 0. The maximum atomic E-state index is 5.07. The van der Waals surface area contributed by atoms with Crippen LogP contribution in [0.5, 0.6) is 0 Å². The molecule has 4 aromatic rings. The second-order valence-corrected chi connectivity index (χ2v) is 10.5. The molecule has 0 aliphatic carbocycles. The number of rotatable bonds is 2. The van der Waals surface area contributed by atoms with Gasteiger partial charge in [-0.1, -0.05) is 84.0 Å². The molecule has 0 N–H and O–H groups in total. The van der Waals surface area contributed by atoms with Crippen LogP contribution in [0.3, 0.4) is 0 Å². The van der Waals surface area contributed by atoms with Crippen LogP contribution in [0.4, 0.5) is 0 Å². The summed E-state index contributed by atoms with van der Waals surface area (Å²) in [7, 11) is 0. The second kappa shape index (κ2) is 6.99. The van der Waals surface area contributed by atoms with Gasteiger partial charge in [0.25, 0.3) is 0 Å². The number of hydrogen-bond donors (Lipinski definition) is 0. The summed E-state index contributed by atoms with van der Waals surface area (Å²) in [5, 5.41) is 3.80. The molecule has 0 saturated carbocycles. The second-order valence-electron chi connectivity index (χ2n) is 10.5. The topological polar surface area (TPSA) is 12.9 Å². The Morgan fingerprint density at radius 2 is 1.45 bits per heavy atom. The van der Waals surface area contributed by atoms with Crippen LogP contribution in [-0.2, 0) is 11.8 Å². The zero-order valence-electron chi connectivity index (χ0n) is 18.5. The van der Waals surface area contributed by atoms with E-state index in [-0.39, 0.29) is 10.8 Å². The Labute approximate surface area is 174 Å². The molecule has 148 valence electrons. The Bertz CT molecular complexity index is 1190. The fourth-order valence-electron chi connectivity index (χ4n) is 4.12. The quantitative estimate of drug-likeness (QED) is 0.343. The molecular formula is C28H31N. The van der Waals surface area contributed by atoms with Crippen molar-refractivity contribution >= 4 is 21.7 Å². The summed E-state index contributed by atoms with van der Waals surface area (Å²) in [5.74, 6) is 0. The third-order valence-electron chi connectivity index (χ3n) is 5.46. The van der Waals surface area contributed by atoms with Crippen molar-refractivity contribution in [3.05, 3.63) is 77.9 Å². The van der Waals surface area contributed by atoms with Gasteiger partial charge in [-0.05, 0) is 63.4 Å². The van der Waals surface area contributed by atoms with Crippen LogP contribution in [0.2, 0.25) is 0 Å². The van der Waals surface area contributed by atoms with Crippen molar-refractivity contribution in [2.45, 2.75) is 53.4 Å². The molecule has 0 saturated heterocycles. The zero-order valence-corrected chi connectivity index (χ0v) is 18.5. The van der Waals surface area contributed by atoms with Crippen LogP contribution in [0.15, 0.2) is 66.7 Å². The van der Waals surface area contributed by atoms with Crippen LogP contribution in [0, 0.1) is 5.41 Å². The zero-order chi connectivity index (χ0) is 20.8. The van der Waals surface area contributed by atoms with E-state index < -0.39 is 0 Å². The summed E-state index contributed by atoms with van der Waals surface area (Å²) in [6.45, 7) is 13.7.